The second kappa shape index (κ2) is 4.74. The second-order valence-corrected chi connectivity index (χ2v) is 4.42. The van der Waals surface area contributed by atoms with Crippen LogP contribution in [0.3, 0.4) is 0 Å². The van der Waals surface area contributed by atoms with Gasteiger partial charge in [-0.05, 0) is 36.5 Å². The highest BCUT2D eigenvalue weighted by Gasteiger charge is 2.13. The monoisotopic (exact) mass is 273 g/mol. The summed E-state index contributed by atoms with van der Waals surface area (Å²) < 4.78 is 7.57. The van der Waals surface area contributed by atoms with Crippen LogP contribution in [0.25, 0.3) is 11.4 Å². The number of rotatable bonds is 3. The third kappa shape index (κ3) is 2.17. The van der Waals surface area contributed by atoms with E-state index in [1.807, 2.05) is 18.2 Å². The van der Waals surface area contributed by atoms with Crippen molar-refractivity contribution in [1.82, 2.24) is 14.8 Å². The van der Waals surface area contributed by atoms with Crippen LogP contribution in [-0.4, -0.2) is 19.9 Å². The SMILES string of the molecule is Oc1ccccc1-c1n[nH]c(=S)n1Cc1ccco1. The summed E-state index contributed by atoms with van der Waals surface area (Å²) in [7, 11) is 0. The Bertz CT molecular complexity index is 743. The van der Waals surface area contributed by atoms with Crippen molar-refractivity contribution in [2.24, 2.45) is 0 Å². The van der Waals surface area contributed by atoms with Gasteiger partial charge in [0.15, 0.2) is 10.6 Å². The van der Waals surface area contributed by atoms with E-state index in [1.165, 1.54) is 0 Å². The molecule has 0 unspecified atom stereocenters. The van der Waals surface area contributed by atoms with Crippen LogP contribution in [0.15, 0.2) is 47.1 Å². The van der Waals surface area contributed by atoms with Crippen molar-refractivity contribution in [2.45, 2.75) is 6.54 Å². The number of H-pyrrole nitrogens is 1. The molecule has 0 aliphatic heterocycles. The number of nitrogens with zero attached hydrogens (tertiary/aromatic N) is 2. The van der Waals surface area contributed by atoms with Crippen LogP contribution in [0, 0.1) is 4.77 Å². The number of nitrogens with one attached hydrogen (secondary N) is 1. The van der Waals surface area contributed by atoms with Crippen LogP contribution < -0.4 is 0 Å². The fourth-order valence-corrected chi connectivity index (χ4v) is 2.09. The standard InChI is InChI=1S/C13H11N3O2S/c17-11-6-2-1-5-10(11)12-14-15-13(19)16(12)8-9-4-3-7-18-9/h1-7,17H,8H2,(H,15,19). The Morgan fingerprint density at radius 1 is 1.26 bits per heavy atom. The van der Waals surface area contributed by atoms with Crippen LogP contribution in [0.1, 0.15) is 5.76 Å². The van der Waals surface area contributed by atoms with Gasteiger partial charge in [-0.25, -0.2) is 0 Å². The molecule has 1 aromatic carbocycles. The van der Waals surface area contributed by atoms with Gasteiger partial charge in [-0.2, -0.15) is 5.10 Å². The summed E-state index contributed by atoms with van der Waals surface area (Å²) in [5.74, 6) is 1.52. The molecule has 3 aromatic rings. The highest BCUT2D eigenvalue weighted by atomic mass is 32.1. The molecule has 0 aliphatic carbocycles. The Morgan fingerprint density at radius 3 is 2.84 bits per heavy atom. The number of aromatic nitrogens is 3. The minimum Gasteiger partial charge on any atom is -0.507 e. The zero-order chi connectivity index (χ0) is 13.2. The summed E-state index contributed by atoms with van der Waals surface area (Å²) in [6, 6.07) is 10.7. The molecule has 0 fully saturated rings. The van der Waals surface area contributed by atoms with E-state index in [0.29, 0.717) is 22.7 Å². The van der Waals surface area contributed by atoms with Gasteiger partial charge in [0, 0.05) is 0 Å². The molecule has 2 N–H and O–H groups in total. The van der Waals surface area contributed by atoms with Crippen LogP contribution in [0.2, 0.25) is 0 Å². The zero-order valence-corrected chi connectivity index (χ0v) is 10.7. The summed E-state index contributed by atoms with van der Waals surface area (Å²) in [4.78, 5) is 0. The number of hydrogen-bond acceptors (Lipinski definition) is 4. The smallest absolute Gasteiger partial charge is 0.195 e. The third-order valence-corrected chi connectivity index (χ3v) is 3.11. The largest absolute Gasteiger partial charge is 0.507 e. The van der Waals surface area contributed by atoms with Crippen LogP contribution in [-0.2, 0) is 6.54 Å². The average Bonchev–Trinajstić information content (AvgIpc) is 3.03. The quantitative estimate of drug-likeness (QED) is 0.720. The van der Waals surface area contributed by atoms with Gasteiger partial charge in [0.1, 0.15) is 11.5 Å². The summed E-state index contributed by atoms with van der Waals surface area (Å²) in [5.41, 5.74) is 0.626. The van der Waals surface area contributed by atoms with Crippen LogP contribution in [0.5, 0.6) is 5.75 Å². The van der Waals surface area contributed by atoms with Gasteiger partial charge in [0.05, 0.1) is 18.4 Å². The maximum absolute atomic E-state index is 9.90. The molecule has 0 spiro atoms. The molecule has 0 radical (unpaired) electrons. The maximum atomic E-state index is 9.90. The molecule has 96 valence electrons. The van der Waals surface area contributed by atoms with Crippen molar-refractivity contribution in [3.63, 3.8) is 0 Å². The van der Waals surface area contributed by atoms with Gasteiger partial charge in [0.25, 0.3) is 0 Å². The Balaban J connectivity index is 2.09. The highest BCUT2D eigenvalue weighted by molar-refractivity contribution is 7.71. The van der Waals surface area contributed by atoms with Gasteiger partial charge in [-0.3, -0.25) is 9.67 Å². The number of phenols is 1. The molecule has 3 rings (SSSR count). The fraction of sp³-hybridized carbons (Fsp3) is 0.0769. The lowest BCUT2D eigenvalue weighted by atomic mass is 10.2. The van der Waals surface area contributed by atoms with E-state index in [9.17, 15) is 5.11 Å². The minimum atomic E-state index is 0.164. The van der Waals surface area contributed by atoms with Crippen molar-refractivity contribution in [2.75, 3.05) is 0 Å². The first kappa shape index (κ1) is 11.7. The van der Waals surface area contributed by atoms with E-state index in [2.05, 4.69) is 10.2 Å². The van der Waals surface area contributed by atoms with E-state index < -0.39 is 0 Å². The predicted octanol–water partition coefficient (Wildman–Crippen LogP) is 2.95. The van der Waals surface area contributed by atoms with Gasteiger partial charge in [0.2, 0.25) is 0 Å². The molecule has 6 heteroatoms. The minimum absolute atomic E-state index is 0.164. The lowest BCUT2D eigenvalue weighted by Gasteiger charge is -2.06. The maximum Gasteiger partial charge on any atom is 0.195 e. The van der Waals surface area contributed by atoms with E-state index in [4.69, 9.17) is 16.6 Å². The van der Waals surface area contributed by atoms with Crippen LogP contribution >= 0.6 is 12.2 Å². The number of furan rings is 1. The predicted molar refractivity (Wildman–Crippen MR) is 72.3 cm³/mol. The van der Waals surface area contributed by atoms with Crippen molar-refractivity contribution in [1.29, 1.82) is 0 Å². The summed E-state index contributed by atoms with van der Waals surface area (Å²) in [5, 5.41) is 16.8. The van der Waals surface area contributed by atoms with E-state index in [-0.39, 0.29) is 5.75 Å². The Morgan fingerprint density at radius 2 is 2.11 bits per heavy atom. The Kier molecular flexibility index (Phi) is 2.92. The molecule has 0 amide bonds. The number of phenolic OH excluding ortho intramolecular Hbond substituents is 1. The molecule has 0 saturated carbocycles. The van der Waals surface area contributed by atoms with Gasteiger partial charge in [-0.15, -0.1) is 0 Å². The first-order valence-corrected chi connectivity index (χ1v) is 6.12. The molecule has 0 aliphatic rings. The summed E-state index contributed by atoms with van der Waals surface area (Å²) in [6.45, 7) is 0.464. The van der Waals surface area contributed by atoms with E-state index >= 15 is 0 Å². The number of hydrogen-bond donors (Lipinski definition) is 2. The first-order chi connectivity index (χ1) is 9.25. The first-order valence-electron chi connectivity index (χ1n) is 5.71. The van der Waals surface area contributed by atoms with Gasteiger partial charge >= 0.3 is 0 Å². The van der Waals surface area contributed by atoms with E-state index in [1.54, 1.807) is 29.0 Å². The molecule has 19 heavy (non-hydrogen) atoms. The van der Waals surface area contributed by atoms with E-state index in [0.717, 1.165) is 5.76 Å². The highest BCUT2D eigenvalue weighted by Crippen LogP contribution is 2.27. The van der Waals surface area contributed by atoms with Crippen molar-refractivity contribution in [3.05, 3.63) is 53.2 Å². The normalized spacial score (nSPS) is 10.7. The molecule has 0 atom stereocenters. The van der Waals surface area contributed by atoms with Gasteiger partial charge in [-0.1, -0.05) is 12.1 Å². The van der Waals surface area contributed by atoms with Gasteiger partial charge < -0.3 is 9.52 Å². The lowest BCUT2D eigenvalue weighted by molar-refractivity contribution is 0.474. The summed E-state index contributed by atoms with van der Waals surface area (Å²) >= 11 is 5.21. The van der Waals surface area contributed by atoms with Crippen molar-refractivity contribution >= 4 is 12.2 Å². The number of benzene rings is 1. The molecule has 0 bridgehead atoms. The molecular weight excluding hydrogens is 262 g/mol. The zero-order valence-electron chi connectivity index (χ0n) is 9.91. The fourth-order valence-electron chi connectivity index (χ4n) is 1.89. The lowest BCUT2D eigenvalue weighted by Crippen LogP contribution is -2.01. The Labute approximate surface area is 114 Å². The molecule has 2 aromatic heterocycles. The number of para-hydroxylation sites is 1. The topological polar surface area (TPSA) is 67.0 Å². The number of aromatic amines is 1. The molecular formula is C13H11N3O2S. The third-order valence-electron chi connectivity index (χ3n) is 2.80. The number of aromatic hydroxyl groups is 1. The second-order valence-electron chi connectivity index (χ2n) is 4.04. The van der Waals surface area contributed by atoms with Crippen molar-refractivity contribution < 1.29 is 9.52 Å². The average molecular weight is 273 g/mol. The molecule has 2 heterocycles. The van der Waals surface area contributed by atoms with Crippen molar-refractivity contribution in [3.8, 4) is 17.1 Å². The summed E-state index contributed by atoms with van der Waals surface area (Å²) in [6.07, 6.45) is 1.61. The Hall–Kier alpha value is -2.34. The molecule has 0 saturated heterocycles. The molecule has 5 nitrogen and oxygen atoms in total. The van der Waals surface area contributed by atoms with Crippen LogP contribution in [0.4, 0.5) is 0 Å².